The second-order valence-electron chi connectivity index (χ2n) is 7.92. The van der Waals surface area contributed by atoms with Crippen LogP contribution in [0.25, 0.3) is 0 Å². The van der Waals surface area contributed by atoms with Gasteiger partial charge in [-0.1, -0.05) is 0 Å². The van der Waals surface area contributed by atoms with Gasteiger partial charge in [0.1, 0.15) is 18.5 Å². The zero-order chi connectivity index (χ0) is 20.5. The molecule has 2 heterocycles. The third-order valence-corrected chi connectivity index (χ3v) is 5.85. The van der Waals surface area contributed by atoms with Crippen molar-refractivity contribution in [3.8, 4) is 5.75 Å². The van der Waals surface area contributed by atoms with Gasteiger partial charge < -0.3 is 24.4 Å². The zero-order valence-corrected chi connectivity index (χ0v) is 16.7. The molecule has 2 aliphatic heterocycles. The van der Waals surface area contributed by atoms with Gasteiger partial charge in [-0.2, -0.15) is 0 Å². The first-order chi connectivity index (χ1) is 14.0. The molecule has 1 saturated carbocycles. The largest absolute Gasteiger partial charge is 0.490 e. The lowest BCUT2D eigenvalue weighted by Gasteiger charge is -2.42. The van der Waals surface area contributed by atoms with Crippen molar-refractivity contribution in [3.63, 3.8) is 0 Å². The number of esters is 1. The first-order valence-electron chi connectivity index (χ1n) is 10.0. The van der Waals surface area contributed by atoms with Crippen molar-refractivity contribution in [2.75, 3.05) is 26.1 Å². The molecule has 0 aromatic heterocycles. The predicted molar refractivity (Wildman–Crippen MR) is 104 cm³/mol. The number of methoxy groups -OCH3 is 1. The Hall–Kier alpha value is -2.61. The molecule has 1 N–H and O–H groups in total. The summed E-state index contributed by atoms with van der Waals surface area (Å²) in [4.78, 5) is 38.4. The van der Waals surface area contributed by atoms with Gasteiger partial charge in [0.05, 0.1) is 31.2 Å². The highest BCUT2D eigenvalue weighted by Crippen LogP contribution is 2.34. The molecule has 1 aromatic rings. The Balaban J connectivity index is 1.51. The van der Waals surface area contributed by atoms with Crippen LogP contribution in [0.1, 0.15) is 42.5 Å². The van der Waals surface area contributed by atoms with Crippen LogP contribution in [0.4, 0.5) is 5.69 Å². The lowest BCUT2D eigenvalue weighted by atomic mass is 9.94. The maximum Gasteiger partial charge on any atom is 0.308 e. The van der Waals surface area contributed by atoms with Crippen LogP contribution in [0, 0.1) is 5.92 Å². The number of nitrogens with zero attached hydrogens (tertiary/aromatic N) is 1. The number of nitrogens with one attached hydrogen (secondary N) is 1. The number of carbonyl (C=O) groups is 3. The summed E-state index contributed by atoms with van der Waals surface area (Å²) in [6, 6.07) is 4.99. The van der Waals surface area contributed by atoms with E-state index >= 15 is 0 Å². The summed E-state index contributed by atoms with van der Waals surface area (Å²) in [5.74, 6) is 0.0611. The number of hydrogen-bond acceptors (Lipinski definition) is 6. The van der Waals surface area contributed by atoms with Crippen molar-refractivity contribution in [2.45, 2.75) is 50.4 Å². The molecule has 0 radical (unpaired) electrons. The van der Waals surface area contributed by atoms with Gasteiger partial charge in [0, 0.05) is 18.7 Å². The molecule has 29 heavy (non-hydrogen) atoms. The number of benzene rings is 1. The first kappa shape index (κ1) is 19.7. The molecule has 156 valence electrons. The van der Waals surface area contributed by atoms with Crippen molar-refractivity contribution >= 4 is 23.5 Å². The molecule has 4 rings (SSSR count). The van der Waals surface area contributed by atoms with Crippen LogP contribution < -0.4 is 10.1 Å². The Bertz CT molecular complexity index is 821. The number of amides is 2. The number of fused-ring (bicyclic) bond motifs is 2. The summed E-state index contributed by atoms with van der Waals surface area (Å²) in [7, 11) is 3.12. The Kier molecular flexibility index (Phi) is 5.45. The molecule has 8 heteroatoms. The topological polar surface area (TPSA) is 94.2 Å². The lowest BCUT2D eigenvalue weighted by molar-refractivity contribution is -0.151. The average Bonchev–Trinajstić information content (AvgIpc) is 3.56. The minimum Gasteiger partial charge on any atom is -0.490 e. The molecular formula is C21H26N2O6. The fourth-order valence-corrected chi connectivity index (χ4v) is 3.96. The quantitative estimate of drug-likeness (QED) is 0.774. The summed E-state index contributed by atoms with van der Waals surface area (Å²) in [5, 5.41) is 2.88. The molecule has 0 unspecified atom stereocenters. The fraction of sp³-hybridized carbons (Fsp3) is 0.571. The molecule has 3 aliphatic rings. The number of anilines is 1. The van der Waals surface area contributed by atoms with Crippen LogP contribution in [0.5, 0.6) is 5.75 Å². The minimum atomic E-state index is -0.324. The maximum absolute atomic E-state index is 13.1. The molecule has 0 bridgehead atoms. The Labute approximate surface area is 169 Å². The summed E-state index contributed by atoms with van der Waals surface area (Å²) < 4.78 is 16.7. The second-order valence-corrected chi connectivity index (χ2v) is 7.92. The van der Waals surface area contributed by atoms with E-state index in [1.807, 2.05) is 0 Å². The van der Waals surface area contributed by atoms with Crippen LogP contribution in [-0.2, 0) is 19.1 Å². The number of likely N-dealkylation sites (N-methyl/N-ethyl adjacent to an activating group) is 1. The number of carbonyl (C=O) groups excluding carboxylic acids is 3. The van der Waals surface area contributed by atoms with Crippen molar-refractivity contribution in [3.05, 3.63) is 23.8 Å². The lowest BCUT2D eigenvalue weighted by Crippen LogP contribution is -2.53. The van der Waals surface area contributed by atoms with Crippen molar-refractivity contribution in [1.82, 2.24) is 4.90 Å². The molecule has 1 aliphatic carbocycles. The van der Waals surface area contributed by atoms with Gasteiger partial charge in [-0.05, 0) is 43.9 Å². The number of rotatable bonds is 4. The summed E-state index contributed by atoms with van der Waals surface area (Å²) in [6.07, 6.45) is 2.84. The van der Waals surface area contributed by atoms with Gasteiger partial charge in [0.15, 0.2) is 0 Å². The van der Waals surface area contributed by atoms with Crippen LogP contribution >= 0.6 is 0 Å². The molecule has 1 aromatic carbocycles. The highest BCUT2D eigenvalue weighted by molar-refractivity contribution is 6.00. The fourth-order valence-electron chi connectivity index (χ4n) is 3.96. The molecule has 1 saturated heterocycles. The summed E-state index contributed by atoms with van der Waals surface area (Å²) in [5.41, 5.74) is 1.03. The standard InChI is InChI=1S/C21H26N2O6/c1-23-16-7-6-14(10-19(24)27-2)29-18(16)11-28-17-8-5-13(9-15(17)21(23)26)22-20(25)12-3-4-12/h5,8-9,12,14,16,18H,3-4,6-7,10-11H2,1-2H3,(H,22,25)/t14-,16+,18-/m1/s1. The Morgan fingerprint density at radius 2 is 2.03 bits per heavy atom. The smallest absolute Gasteiger partial charge is 0.308 e. The third kappa shape index (κ3) is 4.22. The number of ether oxygens (including phenoxy) is 3. The van der Waals surface area contributed by atoms with Crippen LogP contribution in [0.15, 0.2) is 18.2 Å². The van der Waals surface area contributed by atoms with Gasteiger partial charge >= 0.3 is 5.97 Å². The van der Waals surface area contributed by atoms with E-state index in [9.17, 15) is 14.4 Å². The van der Waals surface area contributed by atoms with E-state index in [0.717, 1.165) is 12.8 Å². The maximum atomic E-state index is 13.1. The number of hydrogen-bond donors (Lipinski definition) is 1. The molecule has 2 amide bonds. The Morgan fingerprint density at radius 1 is 1.24 bits per heavy atom. The van der Waals surface area contributed by atoms with Crippen LogP contribution in [0.2, 0.25) is 0 Å². The van der Waals surface area contributed by atoms with Gasteiger partial charge in [0.2, 0.25) is 5.91 Å². The van der Waals surface area contributed by atoms with E-state index < -0.39 is 0 Å². The average molecular weight is 402 g/mol. The van der Waals surface area contributed by atoms with Crippen molar-refractivity contribution in [1.29, 1.82) is 0 Å². The highest BCUT2D eigenvalue weighted by Gasteiger charge is 2.39. The second kappa shape index (κ2) is 8.02. The molecule has 2 fully saturated rings. The van der Waals surface area contributed by atoms with Crippen LogP contribution in [0.3, 0.4) is 0 Å². The molecule has 8 nitrogen and oxygen atoms in total. The van der Waals surface area contributed by atoms with E-state index in [1.54, 1.807) is 30.1 Å². The van der Waals surface area contributed by atoms with E-state index in [2.05, 4.69) is 5.32 Å². The zero-order valence-electron chi connectivity index (χ0n) is 16.7. The summed E-state index contributed by atoms with van der Waals surface area (Å²) in [6.45, 7) is 0.279. The minimum absolute atomic E-state index is 0.00471. The van der Waals surface area contributed by atoms with Gasteiger partial charge in [-0.3, -0.25) is 14.4 Å². The van der Waals surface area contributed by atoms with E-state index in [4.69, 9.17) is 14.2 Å². The monoisotopic (exact) mass is 402 g/mol. The third-order valence-electron chi connectivity index (χ3n) is 5.85. The molecule has 0 spiro atoms. The SMILES string of the molecule is COC(=O)C[C@H]1CC[C@H]2[C@@H](COc3ccc(NC(=O)C4CC4)cc3C(=O)N2C)O1. The van der Waals surface area contributed by atoms with Crippen molar-refractivity contribution < 1.29 is 28.6 Å². The van der Waals surface area contributed by atoms with Gasteiger partial charge in [-0.25, -0.2) is 0 Å². The Morgan fingerprint density at radius 3 is 2.76 bits per heavy atom. The predicted octanol–water partition coefficient (Wildman–Crippen LogP) is 1.98. The first-order valence-corrected chi connectivity index (χ1v) is 10.0. The molecular weight excluding hydrogens is 376 g/mol. The summed E-state index contributed by atoms with van der Waals surface area (Å²) >= 11 is 0. The van der Waals surface area contributed by atoms with E-state index in [1.165, 1.54) is 7.11 Å². The van der Waals surface area contributed by atoms with Crippen molar-refractivity contribution in [2.24, 2.45) is 5.92 Å². The van der Waals surface area contributed by atoms with E-state index in [-0.39, 0.29) is 55.0 Å². The van der Waals surface area contributed by atoms with Crippen LogP contribution in [-0.4, -0.2) is 61.7 Å². The highest BCUT2D eigenvalue weighted by atomic mass is 16.5. The van der Waals surface area contributed by atoms with E-state index in [0.29, 0.717) is 29.8 Å². The van der Waals surface area contributed by atoms with Gasteiger partial charge in [0.25, 0.3) is 5.91 Å². The normalized spacial score (nSPS) is 26.3. The molecule has 3 atom stereocenters. The van der Waals surface area contributed by atoms with Gasteiger partial charge in [-0.15, -0.1) is 0 Å².